The van der Waals surface area contributed by atoms with Gasteiger partial charge in [-0.15, -0.1) is 0 Å². The maximum absolute atomic E-state index is 12.6. The van der Waals surface area contributed by atoms with Crippen molar-refractivity contribution in [3.05, 3.63) is 0 Å². The summed E-state index contributed by atoms with van der Waals surface area (Å²) in [5.74, 6) is -2.52. The van der Waals surface area contributed by atoms with Crippen molar-refractivity contribution in [3.63, 3.8) is 0 Å². The van der Waals surface area contributed by atoms with Crippen LogP contribution in [0, 0.1) is 11.8 Å². The van der Waals surface area contributed by atoms with Gasteiger partial charge < -0.3 is 32.9 Å². The van der Waals surface area contributed by atoms with E-state index in [1.54, 1.807) is 20.8 Å². The Labute approximate surface area is 160 Å². The molecule has 0 radical (unpaired) electrons. The van der Waals surface area contributed by atoms with E-state index in [-0.39, 0.29) is 30.8 Å². The number of guanidine groups is 1. The van der Waals surface area contributed by atoms with Gasteiger partial charge in [0, 0.05) is 6.54 Å². The second-order valence-electron chi connectivity index (χ2n) is 6.99. The van der Waals surface area contributed by atoms with E-state index in [1.165, 1.54) is 0 Å². The molecule has 0 aliphatic rings. The van der Waals surface area contributed by atoms with E-state index in [1.807, 2.05) is 6.92 Å². The Morgan fingerprint density at radius 2 is 1.67 bits per heavy atom. The molecule has 4 atom stereocenters. The number of nitrogens with one attached hydrogen (secondary N) is 2. The molecule has 2 amide bonds. The number of aliphatic imine (C=N–C) groups is 1. The van der Waals surface area contributed by atoms with E-state index in [0.29, 0.717) is 12.8 Å². The Morgan fingerprint density at radius 3 is 2.11 bits per heavy atom. The molecule has 0 bridgehead atoms. The van der Waals surface area contributed by atoms with E-state index in [2.05, 4.69) is 15.6 Å². The lowest BCUT2D eigenvalue weighted by atomic mass is 9.96. The third kappa shape index (κ3) is 9.23. The molecule has 0 fully saturated rings. The number of carboxylic acid groups (broad SMARTS) is 1. The molecule has 0 aromatic rings. The Morgan fingerprint density at radius 1 is 1.07 bits per heavy atom. The number of rotatable bonds is 12. The molecule has 10 heteroatoms. The maximum atomic E-state index is 12.6. The van der Waals surface area contributed by atoms with Gasteiger partial charge in [-0.25, -0.2) is 4.79 Å². The van der Waals surface area contributed by atoms with Crippen LogP contribution in [0.15, 0.2) is 4.99 Å². The van der Waals surface area contributed by atoms with E-state index < -0.39 is 35.9 Å². The Kier molecular flexibility index (Phi) is 11.0. The van der Waals surface area contributed by atoms with Crippen molar-refractivity contribution >= 4 is 23.7 Å². The van der Waals surface area contributed by atoms with Gasteiger partial charge >= 0.3 is 5.97 Å². The van der Waals surface area contributed by atoms with Gasteiger partial charge in [0.2, 0.25) is 11.8 Å². The molecule has 0 aliphatic carbocycles. The second-order valence-corrected chi connectivity index (χ2v) is 6.99. The Balaban J connectivity index is 5.04. The number of nitrogens with zero attached hydrogens (tertiary/aromatic N) is 1. The monoisotopic (exact) mass is 386 g/mol. The standard InChI is InChI=1S/C17H34N6O4/c1-5-10(4)13(23-14(24)12(18)9(2)3)15(25)22-11(16(26)27)7-6-8-21-17(19)20/h9-13H,5-8,18H2,1-4H3,(H,22,25)(H,23,24)(H,26,27)(H4,19,20,21). The van der Waals surface area contributed by atoms with Crippen LogP contribution in [0.3, 0.4) is 0 Å². The van der Waals surface area contributed by atoms with Crippen LogP contribution in [0.1, 0.15) is 47.0 Å². The molecule has 0 rings (SSSR count). The molecule has 10 nitrogen and oxygen atoms in total. The van der Waals surface area contributed by atoms with Crippen molar-refractivity contribution in [2.75, 3.05) is 6.54 Å². The summed E-state index contributed by atoms with van der Waals surface area (Å²) in [6.45, 7) is 7.55. The third-order valence-corrected chi connectivity index (χ3v) is 4.37. The van der Waals surface area contributed by atoms with Crippen molar-refractivity contribution < 1.29 is 19.5 Å². The van der Waals surface area contributed by atoms with E-state index in [0.717, 1.165) is 0 Å². The number of hydrogen-bond acceptors (Lipinski definition) is 5. The number of nitrogens with two attached hydrogens (primary N) is 3. The molecule has 0 aliphatic heterocycles. The van der Waals surface area contributed by atoms with Crippen LogP contribution in [0.25, 0.3) is 0 Å². The molecular formula is C17H34N6O4. The zero-order valence-corrected chi connectivity index (χ0v) is 16.6. The average molecular weight is 386 g/mol. The number of hydrogen-bond donors (Lipinski definition) is 6. The Hall–Kier alpha value is -2.36. The van der Waals surface area contributed by atoms with Crippen LogP contribution in [-0.2, 0) is 14.4 Å². The van der Waals surface area contributed by atoms with Crippen LogP contribution in [-0.4, -0.2) is 53.5 Å². The van der Waals surface area contributed by atoms with Gasteiger partial charge in [-0.1, -0.05) is 34.1 Å². The Bertz CT molecular complexity index is 534. The van der Waals surface area contributed by atoms with Gasteiger partial charge in [-0.3, -0.25) is 14.6 Å². The fourth-order valence-electron chi connectivity index (χ4n) is 2.28. The summed E-state index contributed by atoms with van der Waals surface area (Å²) < 4.78 is 0. The molecule has 27 heavy (non-hydrogen) atoms. The van der Waals surface area contributed by atoms with Crippen molar-refractivity contribution in [3.8, 4) is 0 Å². The first-order chi connectivity index (χ1) is 12.5. The molecule has 0 heterocycles. The average Bonchev–Trinajstić information content (AvgIpc) is 2.59. The summed E-state index contributed by atoms with van der Waals surface area (Å²) in [5.41, 5.74) is 16.3. The van der Waals surface area contributed by atoms with Crippen molar-refractivity contribution in [1.29, 1.82) is 0 Å². The summed E-state index contributed by atoms with van der Waals surface area (Å²) >= 11 is 0. The molecule has 4 unspecified atom stereocenters. The first kappa shape index (κ1) is 24.6. The fraction of sp³-hybridized carbons (Fsp3) is 0.765. The summed E-state index contributed by atoms with van der Waals surface area (Å²) in [7, 11) is 0. The largest absolute Gasteiger partial charge is 0.480 e. The minimum atomic E-state index is -1.17. The van der Waals surface area contributed by atoms with E-state index in [9.17, 15) is 19.5 Å². The number of carbonyl (C=O) groups is 3. The van der Waals surface area contributed by atoms with Gasteiger partial charge in [0.1, 0.15) is 12.1 Å². The zero-order valence-electron chi connectivity index (χ0n) is 16.6. The van der Waals surface area contributed by atoms with Crippen molar-refractivity contribution in [2.24, 2.45) is 34.0 Å². The number of carbonyl (C=O) groups excluding carboxylic acids is 2. The smallest absolute Gasteiger partial charge is 0.326 e. The van der Waals surface area contributed by atoms with Crippen LogP contribution in [0.2, 0.25) is 0 Å². The number of amides is 2. The van der Waals surface area contributed by atoms with Gasteiger partial charge in [0.15, 0.2) is 5.96 Å². The summed E-state index contributed by atoms with van der Waals surface area (Å²) in [4.78, 5) is 40.1. The highest BCUT2D eigenvalue weighted by molar-refractivity contribution is 5.92. The van der Waals surface area contributed by atoms with Gasteiger partial charge in [-0.05, 0) is 24.7 Å². The molecular weight excluding hydrogens is 352 g/mol. The first-order valence-electron chi connectivity index (χ1n) is 9.15. The van der Waals surface area contributed by atoms with Gasteiger partial charge in [-0.2, -0.15) is 0 Å². The SMILES string of the molecule is CCC(C)C(NC(=O)C(N)C(C)C)C(=O)NC(CCCN=C(N)N)C(=O)O. The molecule has 0 aromatic carbocycles. The predicted molar refractivity (Wildman–Crippen MR) is 104 cm³/mol. The maximum Gasteiger partial charge on any atom is 0.326 e. The van der Waals surface area contributed by atoms with Crippen LogP contribution < -0.4 is 27.8 Å². The van der Waals surface area contributed by atoms with Crippen LogP contribution in [0.5, 0.6) is 0 Å². The predicted octanol–water partition coefficient (Wildman–Crippen LogP) is -0.876. The van der Waals surface area contributed by atoms with Crippen LogP contribution >= 0.6 is 0 Å². The number of aliphatic carboxylic acids is 1. The first-order valence-corrected chi connectivity index (χ1v) is 9.15. The highest BCUT2D eigenvalue weighted by Crippen LogP contribution is 2.10. The molecule has 0 saturated heterocycles. The third-order valence-electron chi connectivity index (χ3n) is 4.37. The lowest BCUT2D eigenvalue weighted by molar-refractivity contribution is -0.142. The molecule has 9 N–H and O–H groups in total. The lowest BCUT2D eigenvalue weighted by Crippen LogP contribution is -2.57. The van der Waals surface area contributed by atoms with E-state index in [4.69, 9.17) is 17.2 Å². The fourth-order valence-corrected chi connectivity index (χ4v) is 2.28. The highest BCUT2D eigenvalue weighted by atomic mass is 16.4. The normalized spacial score (nSPS) is 15.3. The van der Waals surface area contributed by atoms with Crippen molar-refractivity contribution in [1.82, 2.24) is 10.6 Å². The second kappa shape index (κ2) is 12.1. The molecule has 0 spiro atoms. The summed E-state index contributed by atoms with van der Waals surface area (Å²) in [6.07, 6.45) is 1.16. The minimum Gasteiger partial charge on any atom is -0.480 e. The summed E-state index contributed by atoms with van der Waals surface area (Å²) in [6, 6.07) is -2.72. The van der Waals surface area contributed by atoms with Gasteiger partial charge in [0.25, 0.3) is 0 Å². The van der Waals surface area contributed by atoms with Crippen molar-refractivity contribution in [2.45, 2.75) is 65.1 Å². The molecule has 0 saturated carbocycles. The quantitative estimate of drug-likeness (QED) is 0.143. The minimum absolute atomic E-state index is 0.0769. The number of carboxylic acids is 1. The highest BCUT2D eigenvalue weighted by Gasteiger charge is 2.31. The van der Waals surface area contributed by atoms with Crippen LogP contribution in [0.4, 0.5) is 0 Å². The topological polar surface area (TPSA) is 186 Å². The zero-order chi connectivity index (χ0) is 21.1. The molecule has 0 aromatic heterocycles. The van der Waals surface area contributed by atoms with E-state index >= 15 is 0 Å². The lowest BCUT2D eigenvalue weighted by Gasteiger charge is -2.27. The molecule has 156 valence electrons. The van der Waals surface area contributed by atoms with Gasteiger partial charge in [0.05, 0.1) is 6.04 Å². The summed E-state index contributed by atoms with van der Waals surface area (Å²) in [5, 5.41) is 14.5.